The minimum Gasteiger partial charge on any atom is -0.468 e. The van der Waals surface area contributed by atoms with Crippen molar-refractivity contribution in [3.8, 4) is 0 Å². The molecule has 2 N–H and O–H groups in total. The highest BCUT2D eigenvalue weighted by Gasteiger charge is 2.61. The van der Waals surface area contributed by atoms with Gasteiger partial charge in [0.15, 0.2) is 5.41 Å². The molecule has 0 spiro atoms. The molecule has 0 saturated heterocycles. The van der Waals surface area contributed by atoms with E-state index in [1.165, 1.54) is 6.92 Å². The fraction of sp³-hybridized carbons (Fsp3) is 0.818. The van der Waals surface area contributed by atoms with Gasteiger partial charge in [0.25, 0.3) is 0 Å². The summed E-state index contributed by atoms with van der Waals surface area (Å²) < 4.78 is 40.4. The van der Waals surface area contributed by atoms with Gasteiger partial charge in [-0.25, -0.2) is 0 Å². The Kier molecular flexibility index (Phi) is 4.14. The van der Waals surface area contributed by atoms with Crippen LogP contribution < -0.4 is 5.32 Å². The second-order valence-corrected chi connectivity index (χ2v) is 5.05. The van der Waals surface area contributed by atoms with Crippen molar-refractivity contribution in [2.24, 2.45) is 5.41 Å². The molecular formula is C11H16F3NO4. The molecule has 5 nitrogen and oxygen atoms in total. The van der Waals surface area contributed by atoms with Crippen LogP contribution in [0.15, 0.2) is 0 Å². The molecule has 1 aliphatic rings. The molecule has 0 aromatic carbocycles. The van der Waals surface area contributed by atoms with Crippen molar-refractivity contribution < 1.29 is 32.6 Å². The Labute approximate surface area is 108 Å². The van der Waals surface area contributed by atoms with Gasteiger partial charge in [0.2, 0.25) is 5.91 Å². The molecule has 1 aliphatic carbocycles. The smallest absolute Gasteiger partial charge is 0.390 e. The summed E-state index contributed by atoms with van der Waals surface area (Å²) >= 11 is 0. The Morgan fingerprint density at radius 2 is 1.89 bits per heavy atom. The van der Waals surface area contributed by atoms with Crippen LogP contribution in [-0.4, -0.2) is 42.4 Å². The molecule has 0 unspecified atom stereocenters. The molecule has 1 amide bonds. The first-order valence-corrected chi connectivity index (χ1v) is 5.68. The number of rotatable bonds is 4. The molecule has 1 saturated carbocycles. The molecule has 0 bridgehead atoms. The summed E-state index contributed by atoms with van der Waals surface area (Å²) in [6, 6.07) is 0. The lowest BCUT2D eigenvalue weighted by atomic mass is 9.59. The van der Waals surface area contributed by atoms with Crippen LogP contribution in [0.2, 0.25) is 0 Å². The quantitative estimate of drug-likeness (QED) is 0.590. The summed E-state index contributed by atoms with van der Waals surface area (Å²) in [5.74, 6) is -1.68. The number of amides is 1. The number of ether oxygens (including phenoxy) is 1. The summed E-state index contributed by atoms with van der Waals surface area (Å²) in [7, 11) is 1.08. The van der Waals surface area contributed by atoms with Crippen LogP contribution in [0.4, 0.5) is 13.2 Å². The number of halogens is 3. The molecule has 1 fully saturated rings. The standard InChI is InChI=1S/C11H16F3NO4/c1-9(18)5-10(6-9,8(17)19-2)7(16)15-4-3-11(12,13)14/h18H,3-6H2,1-2H3,(H,15,16). The number of methoxy groups -OCH3 is 1. The molecule has 0 aromatic heterocycles. The minimum absolute atomic E-state index is 0.162. The molecule has 0 heterocycles. The van der Waals surface area contributed by atoms with E-state index in [1.807, 2.05) is 0 Å². The first-order valence-electron chi connectivity index (χ1n) is 5.68. The summed E-state index contributed by atoms with van der Waals surface area (Å²) in [6.45, 7) is 0.834. The Morgan fingerprint density at radius 1 is 1.37 bits per heavy atom. The van der Waals surface area contributed by atoms with Gasteiger partial charge in [-0.1, -0.05) is 0 Å². The van der Waals surface area contributed by atoms with Crippen molar-refractivity contribution in [3.05, 3.63) is 0 Å². The van der Waals surface area contributed by atoms with Crippen molar-refractivity contribution in [2.75, 3.05) is 13.7 Å². The van der Waals surface area contributed by atoms with Crippen LogP contribution in [0, 0.1) is 5.41 Å². The molecule has 8 heteroatoms. The highest BCUT2D eigenvalue weighted by Crippen LogP contribution is 2.49. The number of nitrogens with one attached hydrogen (secondary N) is 1. The second kappa shape index (κ2) is 4.99. The topological polar surface area (TPSA) is 75.6 Å². The van der Waals surface area contributed by atoms with E-state index >= 15 is 0 Å². The van der Waals surface area contributed by atoms with E-state index in [9.17, 15) is 27.9 Å². The molecule has 19 heavy (non-hydrogen) atoms. The summed E-state index contributed by atoms with van der Waals surface area (Å²) in [4.78, 5) is 23.4. The number of alkyl halides is 3. The van der Waals surface area contributed by atoms with Gasteiger partial charge in [0, 0.05) is 19.4 Å². The lowest BCUT2D eigenvalue weighted by molar-refractivity contribution is -0.186. The zero-order chi connectivity index (χ0) is 14.9. The Balaban J connectivity index is 2.63. The van der Waals surface area contributed by atoms with Crippen LogP contribution in [0.3, 0.4) is 0 Å². The van der Waals surface area contributed by atoms with E-state index in [2.05, 4.69) is 10.1 Å². The van der Waals surface area contributed by atoms with E-state index < -0.39 is 42.0 Å². The van der Waals surface area contributed by atoms with Crippen LogP contribution in [0.1, 0.15) is 26.2 Å². The summed E-state index contributed by atoms with van der Waals surface area (Å²) in [6.07, 6.45) is -5.88. The number of hydrogen-bond donors (Lipinski definition) is 2. The van der Waals surface area contributed by atoms with Crippen molar-refractivity contribution in [3.63, 3.8) is 0 Å². The monoisotopic (exact) mass is 283 g/mol. The third kappa shape index (κ3) is 3.59. The lowest BCUT2D eigenvalue weighted by Crippen LogP contribution is -2.62. The van der Waals surface area contributed by atoms with Crippen LogP contribution in [0.25, 0.3) is 0 Å². The second-order valence-electron chi connectivity index (χ2n) is 5.05. The van der Waals surface area contributed by atoms with Crippen molar-refractivity contribution in [1.82, 2.24) is 5.32 Å². The predicted molar refractivity (Wildman–Crippen MR) is 58.0 cm³/mol. The molecular weight excluding hydrogens is 267 g/mol. The maximum Gasteiger partial charge on any atom is 0.390 e. The average Bonchev–Trinajstić information content (AvgIpc) is 2.22. The number of carbonyl (C=O) groups excluding carboxylic acids is 2. The average molecular weight is 283 g/mol. The minimum atomic E-state index is -4.38. The van der Waals surface area contributed by atoms with Crippen LogP contribution in [0.5, 0.6) is 0 Å². The van der Waals surface area contributed by atoms with Crippen LogP contribution in [-0.2, 0) is 14.3 Å². The van der Waals surface area contributed by atoms with E-state index in [0.29, 0.717) is 0 Å². The molecule has 0 aromatic rings. The van der Waals surface area contributed by atoms with E-state index in [-0.39, 0.29) is 12.8 Å². The molecule has 0 aliphatic heterocycles. The van der Waals surface area contributed by atoms with Crippen LogP contribution >= 0.6 is 0 Å². The summed E-state index contributed by atoms with van der Waals surface area (Å²) in [5, 5.41) is 11.7. The normalized spacial score (nSPS) is 30.4. The number of aliphatic hydroxyl groups is 1. The number of carbonyl (C=O) groups is 2. The first kappa shape index (κ1) is 15.7. The van der Waals surface area contributed by atoms with E-state index in [1.54, 1.807) is 0 Å². The molecule has 1 rings (SSSR count). The van der Waals surface area contributed by atoms with Gasteiger partial charge < -0.3 is 15.2 Å². The summed E-state index contributed by atoms with van der Waals surface area (Å²) in [5.41, 5.74) is -2.76. The van der Waals surface area contributed by atoms with Gasteiger partial charge in [-0.05, 0) is 6.92 Å². The van der Waals surface area contributed by atoms with Crippen molar-refractivity contribution in [2.45, 2.75) is 38.0 Å². The molecule has 110 valence electrons. The lowest BCUT2D eigenvalue weighted by Gasteiger charge is -2.47. The zero-order valence-corrected chi connectivity index (χ0v) is 10.6. The van der Waals surface area contributed by atoms with Gasteiger partial charge in [-0.15, -0.1) is 0 Å². The molecule has 0 radical (unpaired) electrons. The Morgan fingerprint density at radius 3 is 2.26 bits per heavy atom. The largest absolute Gasteiger partial charge is 0.468 e. The van der Waals surface area contributed by atoms with E-state index in [4.69, 9.17) is 0 Å². The van der Waals surface area contributed by atoms with E-state index in [0.717, 1.165) is 7.11 Å². The number of esters is 1. The van der Waals surface area contributed by atoms with Crippen molar-refractivity contribution in [1.29, 1.82) is 0 Å². The van der Waals surface area contributed by atoms with Crippen molar-refractivity contribution >= 4 is 11.9 Å². The third-order valence-electron chi connectivity index (χ3n) is 3.07. The molecule has 0 atom stereocenters. The Hall–Kier alpha value is -1.31. The highest BCUT2D eigenvalue weighted by molar-refractivity contribution is 6.04. The van der Waals surface area contributed by atoms with Gasteiger partial charge in [0.1, 0.15) is 0 Å². The zero-order valence-electron chi connectivity index (χ0n) is 10.6. The maximum absolute atomic E-state index is 12.0. The van der Waals surface area contributed by atoms with Gasteiger partial charge in [-0.3, -0.25) is 9.59 Å². The predicted octanol–water partition coefficient (Wildman–Crippen LogP) is 0.759. The Bertz CT molecular complexity index is 371. The van der Waals surface area contributed by atoms with Gasteiger partial charge >= 0.3 is 12.1 Å². The fourth-order valence-electron chi connectivity index (χ4n) is 2.33. The third-order valence-corrected chi connectivity index (χ3v) is 3.07. The SMILES string of the molecule is COC(=O)C1(C(=O)NCCC(F)(F)F)CC(C)(O)C1. The van der Waals surface area contributed by atoms with Gasteiger partial charge in [0.05, 0.1) is 19.1 Å². The maximum atomic E-state index is 12.0. The fourth-order valence-corrected chi connectivity index (χ4v) is 2.33. The van der Waals surface area contributed by atoms with Gasteiger partial charge in [-0.2, -0.15) is 13.2 Å². The highest BCUT2D eigenvalue weighted by atomic mass is 19.4. The number of hydrogen-bond acceptors (Lipinski definition) is 4. The first-order chi connectivity index (χ1) is 8.52.